The van der Waals surface area contributed by atoms with Crippen LogP contribution in [-0.4, -0.2) is 63.7 Å². The number of benzene rings is 1. The zero-order valence-corrected chi connectivity index (χ0v) is 19.2. The normalized spacial score (nSPS) is 15.5. The summed E-state index contributed by atoms with van der Waals surface area (Å²) >= 11 is 1.51. The van der Waals surface area contributed by atoms with Gasteiger partial charge in [-0.3, -0.25) is 9.48 Å². The summed E-state index contributed by atoms with van der Waals surface area (Å²) in [6.07, 6.45) is 2.12. The number of aromatic nitrogens is 3. The summed E-state index contributed by atoms with van der Waals surface area (Å²) in [5.41, 5.74) is 3.20. The van der Waals surface area contributed by atoms with Gasteiger partial charge in [0.2, 0.25) is 5.91 Å². The van der Waals surface area contributed by atoms with E-state index in [1.54, 1.807) is 12.1 Å². The summed E-state index contributed by atoms with van der Waals surface area (Å²) in [6.45, 7) is 9.58. The summed E-state index contributed by atoms with van der Waals surface area (Å²) in [5, 5.41) is 7.39. The third-order valence-electron chi connectivity index (χ3n) is 5.49. The summed E-state index contributed by atoms with van der Waals surface area (Å²) < 4.78 is 15.5. The molecule has 3 heterocycles. The van der Waals surface area contributed by atoms with E-state index in [2.05, 4.69) is 37.8 Å². The van der Waals surface area contributed by atoms with Crippen molar-refractivity contribution in [2.75, 3.05) is 33.2 Å². The van der Waals surface area contributed by atoms with Crippen LogP contribution in [0.2, 0.25) is 0 Å². The Labute approximate surface area is 186 Å². The van der Waals surface area contributed by atoms with E-state index in [1.165, 1.54) is 23.5 Å². The SMILES string of the molecule is CN1CCN(C(=O)Cc2csc(-c3cnn(C(C)(C)C)c3-c3ccc(F)cc3)n2)CC1. The molecular formula is C23H28FN5OS. The molecule has 1 fully saturated rings. The molecule has 0 bridgehead atoms. The fourth-order valence-corrected chi connectivity index (χ4v) is 4.56. The van der Waals surface area contributed by atoms with Gasteiger partial charge in [-0.1, -0.05) is 0 Å². The van der Waals surface area contributed by atoms with Gasteiger partial charge < -0.3 is 9.80 Å². The van der Waals surface area contributed by atoms with Gasteiger partial charge in [-0.05, 0) is 52.1 Å². The van der Waals surface area contributed by atoms with Gasteiger partial charge in [-0.2, -0.15) is 5.10 Å². The van der Waals surface area contributed by atoms with Gasteiger partial charge in [0.25, 0.3) is 0 Å². The van der Waals surface area contributed by atoms with Crippen LogP contribution < -0.4 is 0 Å². The smallest absolute Gasteiger partial charge is 0.228 e. The van der Waals surface area contributed by atoms with Crippen molar-refractivity contribution in [3.05, 3.63) is 47.4 Å². The van der Waals surface area contributed by atoms with Crippen LogP contribution in [0.1, 0.15) is 26.5 Å². The number of carbonyl (C=O) groups is 1. The number of carbonyl (C=O) groups excluding carboxylic acids is 1. The molecule has 4 rings (SSSR count). The van der Waals surface area contributed by atoms with E-state index in [-0.39, 0.29) is 17.3 Å². The van der Waals surface area contributed by atoms with Gasteiger partial charge in [0.15, 0.2) is 0 Å². The molecule has 8 heteroatoms. The van der Waals surface area contributed by atoms with E-state index in [0.29, 0.717) is 6.42 Å². The number of hydrogen-bond donors (Lipinski definition) is 0. The van der Waals surface area contributed by atoms with Crippen molar-refractivity contribution in [3.8, 4) is 21.8 Å². The van der Waals surface area contributed by atoms with Crippen molar-refractivity contribution in [1.29, 1.82) is 0 Å². The average molecular weight is 442 g/mol. The highest BCUT2D eigenvalue weighted by atomic mass is 32.1. The first-order valence-corrected chi connectivity index (χ1v) is 11.4. The Morgan fingerprint density at radius 2 is 1.81 bits per heavy atom. The average Bonchev–Trinajstić information content (AvgIpc) is 3.36. The molecule has 1 saturated heterocycles. The second-order valence-electron chi connectivity index (χ2n) is 9.00. The molecule has 2 aromatic heterocycles. The lowest BCUT2D eigenvalue weighted by molar-refractivity contribution is -0.132. The van der Waals surface area contributed by atoms with E-state index < -0.39 is 0 Å². The van der Waals surface area contributed by atoms with Crippen LogP contribution >= 0.6 is 11.3 Å². The first kappa shape index (κ1) is 21.6. The van der Waals surface area contributed by atoms with Gasteiger partial charge in [0.05, 0.1) is 35.1 Å². The fourth-order valence-electron chi connectivity index (χ4n) is 3.73. The van der Waals surface area contributed by atoms with Crippen molar-refractivity contribution in [2.45, 2.75) is 32.7 Å². The lowest BCUT2D eigenvalue weighted by atomic mass is 10.0. The number of likely N-dealkylation sites (N-methyl/N-ethyl adjacent to an activating group) is 1. The minimum absolute atomic E-state index is 0.120. The Balaban J connectivity index is 1.62. The second kappa shape index (κ2) is 8.51. The van der Waals surface area contributed by atoms with Crippen LogP contribution in [0.4, 0.5) is 4.39 Å². The molecule has 3 aromatic rings. The Morgan fingerprint density at radius 3 is 2.45 bits per heavy atom. The number of thiazole rings is 1. The highest BCUT2D eigenvalue weighted by Crippen LogP contribution is 2.36. The molecule has 1 aliphatic rings. The van der Waals surface area contributed by atoms with Crippen molar-refractivity contribution >= 4 is 17.2 Å². The van der Waals surface area contributed by atoms with Crippen LogP contribution in [0.15, 0.2) is 35.8 Å². The highest BCUT2D eigenvalue weighted by Gasteiger charge is 2.25. The zero-order valence-electron chi connectivity index (χ0n) is 18.4. The lowest BCUT2D eigenvalue weighted by Crippen LogP contribution is -2.47. The topological polar surface area (TPSA) is 54.3 Å². The van der Waals surface area contributed by atoms with Crippen LogP contribution in [-0.2, 0) is 16.8 Å². The van der Waals surface area contributed by atoms with E-state index in [0.717, 1.165) is 53.7 Å². The van der Waals surface area contributed by atoms with E-state index >= 15 is 0 Å². The van der Waals surface area contributed by atoms with Gasteiger partial charge in [0.1, 0.15) is 10.8 Å². The van der Waals surface area contributed by atoms with Crippen LogP contribution in [0.25, 0.3) is 21.8 Å². The fraction of sp³-hybridized carbons (Fsp3) is 0.435. The van der Waals surface area contributed by atoms with Crippen molar-refractivity contribution in [1.82, 2.24) is 24.6 Å². The van der Waals surface area contributed by atoms with E-state index in [9.17, 15) is 9.18 Å². The van der Waals surface area contributed by atoms with E-state index in [4.69, 9.17) is 4.98 Å². The third kappa shape index (κ3) is 4.70. The van der Waals surface area contributed by atoms with Crippen LogP contribution in [0.3, 0.4) is 0 Å². The van der Waals surface area contributed by atoms with Crippen LogP contribution in [0.5, 0.6) is 0 Å². The quantitative estimate of drug-likeness (QED) is 0.617. The Morgan fingerprint density at radius 1 is 1.13 bits per heavy atom. The number of nitrogens with zero attached hydrogens (tertiary/aromatic N) is 5. The molecule has 1 amide bonds. The van der Waals surface area contributed by atoms with Gasteiger partial charge in [-0.15, -0.1) is 11.3 Å². The maximum atomic E-state index is 13.5. The largest absolute Gasteiger partial charge is 0.340 e. The Kier molecular flexibility index (Phi) is 5.94. The van der Waals surface area contributed by atoms with E-state index in [1.807, 2.05) is 21.2 Å². The monoisotopic (exact) mass is 441 g/mol. The molecule has 1 aromatic carbocycles. The summed E-state index contributed by atoms with van der Waals surface area (Å²) in [6, 6.07) is 6.45. The van der Waals surface area contributed by atoms with Crippen molar-refractivity contribution in [3.63, 3.8) is 0 Å². The molecule has 0 spiro atoms. The number of hydrogen-bond acceptors (Lipinski definition) is 5. The molecular weight excluding hydrogens is 413 g/mol. The minimum atomic E-state index is -0.272. The summed E-state index contributed by atoms with van der Waals surface area (Å²) in [7, 11) is 2.07. The first-order chi connectivity index (χ1) is 14.7. The number of amides is 1. The molecule has 0 saturated carbocycles. The molecule has 31 heavy (non-hydrogen) atoms. The molecule has 0 atom stereocenters. The molecule has 1 aliphatic heterocycles. The van der Waals surface area contributed by atoms with Gasteiger partial charge >= 0.3 is 0 Å². The predicted molar refractivity (Wildman–Crippen MR) is 122 cm³/mol. The Bertz CT molecular complexity index is 1060. The predicted octanol–water partition coefficient (Wildman–Crippen LogP) is 3.88. The second-order valence-corrected chi connectivity index (χ2v) is 9.86. The highest BCUT2D eigenvalue weighted by molar-refractivity contribution is 7.13. The van der Waals surface area contributed by atoms with Crippen molar-refractivity contribution < 1.29 is 9.18 Å². The molecule has 164 valence electrons. The summed E-state index contributed by atoms with van der Waals surface area (Å²) in [4.78, 5) is 21.6. The van der Waals surface area contributed by atoms with Crippen molar-refractivity contribution in [2.24, 2.45) is 0 Å². The molecule has 0 N–H and O–H groups in total. The molecule has 6 nitrogen and oxygen atoms in total. The molecule has 0 unspecified atom stereocenters. The number of rotatable bonds is 4. The summed E-state index contributed by atoms with van der Waals surface area (Å²) in [5.74, 6) is -0.153. The lowest BCUT2D eigenvalue weighted by Gasteiger charge is -2.32. The maximum Gasteiger partial charge on any atom is 0.228 e. The standard InChI is InChI=1S/C23H28FN5OS/c1-23(2,3)29-21(16-5-7-17(24)8-6-16)19(14-25-29)22-26-18(15-31-22)13-20(30)28-11-9-27(4)10-12-28/h5-8,14-15H,9-13H2,1-4H3. The van der Waals surface area contributed by atoms with Gasteiger partial charge in [-0.25, -0.2) is 9.37 Å². The Hall–Kier alpha value is -2.58. The molecule has 0 aliphatic carbocycles. The third-order valence-corrected chi connectivity index (χ3v) is 6.42. The number of halogens is 1. The van der Waals surface area contributed by atoms with Crippen LogP contribution in [0, 0.1) is 5.82 Å². The maximum absolute atomic E-state index is 13.5. The minimum Gasteiger partial charge on any atom is -0.340 e. The first-order valence-electron chi connectivity index (χ1n) is 10.5. The zero-order chi connectivity index (χ0) is 22.2. The number of piperazine rings is 1. The van der Waals surface area contributed by atoms with Gasteiger partial charge in [0, 0.05) is 37.1 Å². The molecule has 0 radical (unpaired) electrons.